The summed E-state index contributed by atoms with van der Waals surface area (Å²) in [6.45, 7) is 9.40. The van der Waals surface area contributed by atoms with Crippen LogP contribution in [0.2, 0.25) is 0 Å². The van der Waals surface area contributed by atoms with Crippen molar-refractivity contribution in [3.63, 3.8) is 0 Å². The van der Waals surface area contributed by atoms with Gasteiger partial charge in [-0.2, -0.15) is 0 Å². The minimum atomic E-state index is -0.471. The summed E-state index contributed by atoms with van der Waals surface area (Å²) in [5, 5.41) is 4.14. The first kappa shape index (κ1) is 16.6. The summed E-state index contributed by atoms with van der Waals surface area (Å²) in [5.41, 5.74) is 2.93. The zero-order valence-corrected chi connectivity index (χ0v) is 14.8. The molecule has 3 rings (SSSR count). The summed E-state index contributed by atoms with van der Waals surface area (Å²) in [7, 11) is 0. The van der Waals surface area contributed by atoms with Gasteiger partial charge in [0.1, 0.15) is 5.60 Å². The maximum absolute atomic E-state index is 12.0. The lowest BCUT2D eigenvalue weighted by Crippen LogP contribution is -2.40. The number of anilines is 1. The molecule has 128 valence electrons. The van der Waals surface area contributed by atoms with Gasteiger partial charge in [-0.3, -0.25) is 4.98 Å². The second-order valence-corrected chi connectivity index (χ2v) is 7.38. The molecule has 1 amide bonds. The van der Waals surface area contributed by atoms with Crippen molar-refractivity contribution in [1.82, 2.24) is 10.3 Å². The molecule has 2 aromatic rings. The number of ether oxygens (including phenoxy) is 1. The van der Waals surface area contributed by atoms with E-state index in [0.29, 0.717) is 0 Å². The van der Waals surface area contributed by atoms with Crippen LogP contribution in [0, 0.1) is 6.92 Å². The highest BCUT2D eigenvalue weighted by Gasteiger charge is 2.27. The predicted octanol–water partition coefficient (Wildman–Crippen LogP) is 3.65. The molecule has 1 aromatic carbocycles. The van der Waals surface area contributed by atoms with Crippen LogP contribution in [0.3, 0.4) is 0 Å². The highest BCUT2D eigenvalue weighted by atomic mass is 16.6. The number of hydrogen-bond acceptors (Lipinski definition) is 4. The topological polar surface area (TPSA) is 54.5 Å². The maximum atomic E-state index is 12.0. The fraction of sp³-hybridized carbons (Fsp3) is 0.474. The molecule has 1 aliphatic rings. The number of rotatable bonds is 2. The molecule has 5 heteroatoms. The Morgan fingerprint density at radius 1 is 1.33 bits per heavy atom. The quantitative estimate of drug-likeness (QED) is 0.915. The van der Waals surface area contributed by atoms with Crippen LogP contribution in [-0.2, 0) is 4.74 Å². The highest BCUT2D eigenvalue weighted by molar-refractivity contribution is 5.93. The van der Waals surface area contributed by atoms with Crippen molar-refractivity contribution in [3.8, 4) is 0 Å². The molecule has 0 spiro atoms. The molecule has 0 unspecified atom stereocenters. The van der Waals surface area contributed by atoms with E-state index in [1.165, 1.54) is 11.3 Å². The summed E-state index contributed by atoms with van der Waals surface area (Å²) in [5.74, 6) is 0. The summed E-state index contributed by atoms with van der Waals surface area (Å²) in [6, 6.07) is 8.41. The standard InChI is InChI=1S/C19H25N3O2/c1-13-6-5-7-15-16(8-10-20-17(13)15)22-11-9-14(12-22)21-18(23)24-19(2,3)4/h5-8,10,14H,9,11-12H2,1-4H3,(H,21,23)/t14-/m1/s1. The molecular formula is C19H25N3O2. The average Bonchev–Trinajstić information content (AvgIpc) is 2.93. The van der Waals surface area contributed by atoms with Crippen molar-refractivity contribution in [1.29, 1.82) is 0 Å². The molecule has 0 saturated carbocycles. The van der Waals surface area contributed by atoms with E-state index in [9.17, 15) is 4.79 Å². The highest BCUT2D eigenvalue weighted by Crippen LogP contribution is 2.29. The van der Waals surface area contributed by atoms with E-state index in [0.717, 1.165) is 30.4 Å². The van der Waals surface area contributed by atoms with Crippen LogP contribution in [-0.4, -0.2) is 35.8 Å². The molecule has 1 fully saturated rings. The number of para-hydroxylation sites is 1. The summed E-state index contributed by atoms with van der Waals surface area (Å²) in [6.07, 6.45) is 2.43. The first-order valence-electron chi connectivity index (χ1n) is 8.42. The Hall–Kier alpha value is -2.30. The predicted molar refractivity (Wildman–Crippen MR) is 96.5 cm³/mol. The smallest absolute Gasteiger partial charge is 0.407 e. The largest absolute Gasteiger partial charge is 0.444 e. The second kappa shape index (κ2) is 6.30. The van der Waals surface area contributed by atoms with Crippen molar-refractivity contribution in [2.24, 2.45) is 0 Å². The lowest BCUT2D eigenvalue weighted by Gasteiger charge is -2.23. The molecular weight excluding hydrogens is 302 g/mol. The molecule has 1 aromatic heterocycles. The van der Waals surface area contributed by atoms with Gasteiger partial charge in [-0.05, 0) is 45.7 Å². The Bertz CT molecular complexity index is 752. The summed E-state index contributed by atoms with van der Waals surface area (Å²) >= 11 is 0. The maximum Gasteiger partial charge on any atom is 0.407 e. The molecule has 1 aliphatic heterocycles. The van der Waals surface area contributed by atoms with E-state index in [2.05, 4.69) is 46.4 Å². The zero-order valence-electron chi connectivity index (χ0n) is 14.8. The van der Waals surface area contributed by atoms with Crippen molar-refractivity contribution < 1.29 is 9.53 Å². The number of pyridine rings is 1. The fourth-order valence-electron chi connectivity index (χ4n) is 3.16. The number of amides is 1. The van der Waals surface area contributed by atoms with Gasteiger partial charge in [0.25, 0.3) is 0 Å². The third kappa shape index (κ3) is 3.61. The number of nitrogens with one attached hydrogen (secondary N) is 1. The van der Waals surface area contributed by atoms with Gasteiger partial charge in [0.15, 0.2) is 0 Å². The Kier molecular flexibility index (Phi) is 4.35. The van der Waals surface area contributed by atoms with E-state index in [-0.39, 0.29) is 12.1 Å². The number of hydrogen-bond donors (Lipinski definition) is 1. The Morgan fingerprint density at radius 3 is 2.88 bits per heavy atom. The number of aryl methyl sites for hydroxylation is 1. The molecule has 0 bridgehead atoms. The zero-order chi connectivity index (χ0) is 17.3. The van der Waals surface area contributed by atoms with Crippen LogP contribution in [0.4, 0.5) is 10.5 Å². The molecule has 5 nitrogen and oxygen atoms in total. The number of fused-ring (bicyclic) bond motifs is 1. The Morgan fingerprint density at radius 2 is 2.12 bits per heavy atom. The van der Waals surface area contributed by atoms with Gasteiger partial charge in [0.05, 0.1) is 11.6 Å². The monoisotopic (exact) mass is 327 g/mol. The lowest BCUT2D eigenvalue weighted by atomic mass is 10.1. The summed E-state index contributed by atoms with van der Waals surface area (Å²) in [4.78, 5) is 18.8. The summed E-state index contributed by atoms with van der Waals surface area (Å²) < 4.78 is 5.35. The van der Waals surface area contributed by atoms with Crippen LogP contribution in [0.1, 0.15) is 32.8 Å². The van der Waals surface area contributed by atoms with Crippen LogP contribution in [0.5, 0.6) is 0 Å². The fourth-order valence-corrected chi connectivity index (χ4v) is 3.16. The first-order chi connectivity index (χ1) is 11.3. The normalized spacial score (nSPS) is 18.0. The first-order valence-corrected chi connectivity index (χ1v) is 8.42. The SMILES string of the molecule is Cc1cccc2c(N3CC[C@@H](NC(=O)OC(C)(C)C)C3)ccnc12. The minimum Gasteiger partial charge on any atom is -0.444 e. The molecule has 0 radical (unpaired) electrons. The lowest BCUT2D eigenvalue weighted by molar-refractivity contribution is 0.0509. The van der Waals surface area contributed by atoms with Crippen LogP contribution >= 0.6 is 0 Å². The van der Waals surface area contributed by atoms with E-state index >= 15 is 0 Å². The van der Waals surface area contributed by atoms with Gasteiger partial charge >= 0.3 is 6.09 Å². The number of carbonyl (C=O) groups excluding carboxylic acids is 1. The third-order valence-electron chi connectivity index (χ3n) is 4.20. The Balaban J connectivity index is 1.72. The van der Waals surface area contributed by atoms with Gasteiger partial charge in [0, 0.05) is 30.4 Å². The molecule has 1 saturated heterocycles. The third-order valence-corrected chi connectivity index (χ3v) is 4.20. The van der Waals surface area contributed by atoms with Gasteiger partial charge < -0.3 is 15.0 Å². The van der Waals surface area contributed by atoms with Crippen LogP contribution in [0.25, 0.3) is 10.9 Å². The second-order valence-electron chi connectivity index (χ2n) is 7.38. The number of benzene rings is 1. The molecule has 2 heterocycles. The molecule has 24 heavy (non-hydrogen) atoms. The van der Waals surface area contributed by atoms with E-state index in [1.807, 2.05) is 27.0 Å². The molecule has 1 atom stereocenters. The minimum absolute atomic E-state index is 0.105. The molecule has 1 N–H and O–H groups in total. The number of carbonyl (C=O) groups is 1. The average molecular weight is 327 g/mol. The van der Waals surface area contributed by atoms with Crippen molar-refractivity contribution >= 4 is 22.7 Å². The van der Waals surface area contributed by atoms with Crippen molar-refractivity contribution in [3.05, 3.63) is 36.0 Å². The number of aromatic nitrogens is 1. The molecule has 0 aliphatic carbocycles. The van der Waals surface area contributed by atoms with E-state index in [1.54, 1.807) is 0 Å². The van der Waals surface area contributed by atoms with Crippen LogP contribution < -0.4 is 10.2 Å². The van der Waals surface area contributed by atoms with E-state index in [4.69, 9.17) is 4.74 Å². The van der Waals surface area contributed by atoms with Gasteiger partial charge in [-0.1, -0.05) is 18.2 Å². The Labute approximate surface area is 143 Å². The van der Waals surface area contributed by atoms with Crippen LogP contribution in [0.15, 0.2) is 30.5 Å². The van der Waals surface area contributed by atoms with Gasteiger partial charge in [-0.15, -0.1) is 0 Å². The number of nitrogens with zero attached hydrogens (tertiary/aromatic N) is 2. The number of alkyl carbamates (subject to hydrolysis) is 1. The van der Waals surface area contributed by atoms with Crippen molar-refractivity contribution in [2.75, 3.05) is 18.0 Å². The van der Waals surface area contributed by atoms with Crippen molar-refractivity contribution in [2.45, 2.75) is 45.8 Å². The van der Waals surface area contributed by atoms with E-state index < -0.39 is 5.60 Å². The van der Waals surface area contributed by atoms with Gasteiger partial charge in [0.2, 0.25) is 0 Å². The van der Waals surface area contributed by atoms with Gasteiger partial charge in [-0.25, -0.2) is 4.79 Å².